The zero-order chi connectivity index (χ0) is 12.5. The summed E-state index contributed by atoms with van der Waals surface area (Å²) in [7, 11) is 1.98. The Morgan fingerprint density at radius 3 is 3.00 bits per heavy atom. The Morgan fingerprint density at radius 1 is 1.39 bits per heavy atom. The van der Waals surface area contributed by atoms with E-state index in [0.717, 1.165) is 17.9 Å². The lowest BCUT2D eigenvalue weighted by atomic mass is 10.0. The van der Waals surface area contributed by atoms with E-state index >= 15 is 0 Å². The molecule has 1 fully saturated rings. The molecule has 0 aliphatic heterocycles. The van der Waals surface area contributed by atoms with Gasteiger partial charge >= 0.3 is 0 Å². The predicted molar refractivity (Wildman–Crippen MR) is 66.2 cm³/mol. The molecule has 3 rings (SSSR count). The number of furan rings is 1. The Balaban J connectivity index is 1.88. The quantitative estimate of drug-likeness (QED) is 0.902. The van der Waals surface area contributed by atoms with Gasteiger partial charge in [0.05, 0.1) is 12.2 Å². The molecule has 5 nitrogen and oxygen atoms in total. The van der Waals surface area contributed by atoms with E-state index in [0.29, 0.717) is 23.5 Å². The number of nitrogens with one attached hydrogen (secondary N) is 1. The van der Waals surface area contributed by atoms with Gasteiger partial charge in [-0.05, 0) is 38.4 Å². The van der Waals surface area contributed by atoms with Gasteiger partial charge in [0.2, 0.25) is 11.7 Å². The SMILES string of the molecule is CNC1CCCC1c1nc(-c2occc2C)no1. The molecule has 1 N–H and O–H groups in total. The molecule has 2 heterocycles. The molecule has 2 unspecified atom stereocenters. The van der Waals surface area contributed by atoms with E-state index in [2.05, 4.69) is 15.5 Å². The fourth-order valence-corrected chi connectivity index (χ4v) is 2.68. The first kappa shape index (κ1) is 11.5. The maximum Gasteiger partial charge on any atom is 0.238 e. The van der Waals surface area contributed by atoms with Gasteiger partial charge in [0.25, 0.3) is 0 Å². The van der Waals surface area contributed by atoms with Crippen molar-refractivity contribution in [3.05, 3.63) is 23.8 Å². The maximum absolute atomic E-state index is 5.40. The van der Waals surface area contributed by atoms with Crippen molar-refractivity contribution in [2.45, 2.75) is 38.1 Å². The van der Waals surface area contributed by atoms with Crippen molar-refractivity contribution in [2.75, 3.05) is 7.05 Å². The molecule has 0 bridgehead atoms. The molecule has 96 valence electrons. The minimum Gasteiger partial charge on any atom is -0.461 e. The van der Waals surface area contributed by atoms with Crippen molar-refractivity contribution in [1.29, 1.82) is 0 Å². The van der Waals surface area contributed by atoms with Gasteiger partial charge in [-0.3, -0.25) is 0 Å². The first-order chi connectivity index (χ1) is 8.79. The Kier molecular flexibility index (Phi) is 2.91. The second kappa shape index (κ2) is 4.57. The first-order valence-electron chi connectivity index (χ1n) is 6.35. The molecule has 2 atom stereocenters. The smallest absolute Gasteiger partial charge is 0.238 e. The van der Waals surface area contributed by atoms with Gasteiger partial charge in [-0.25, -0.2) is 0 Å². The summed E-state index contributed by atoms with van der Waals surface area (Å²) >= 11 is 0. The minimum atomic E-state index is 0.325. The molecule has 0 spiro atoms. The van der Waals surface area contributed by atoms with Crippen LogP contribution in [0.4, 0.5) is 0 Å². The van der Waals surface area contributed by atoms with Gasteiger partial charge in [0, 0.05) is 6.04 Å². The second-order valence-corrected chi connectivity index (χ2v) is 4.82. The number of likely N-dealkylation sites (N-methyl/N-ethyl adjacent to an activating group) is 1. The van der Waals surface area contributed by atoms with Gasteiger partial charge in [0.15, 0.2) is 5.76 Å². The van der Waals surface area contributed by atoms with Crippen LogP contribution in [0.15, 0.2) is 21.3 Å². The average Bonchev–Trinajstić information content (AvgIpc) is 3.06. The zero-order valence-corrected chi connectivity index (χ0v) is 10.6. The third kappa shape index (κ3) is 1.84. The number of aromatic nitrogens is 2. The van der Waals surface area contributed by atoms with Crippen LogP contribution in [0.25, 0.3) is 11.6 Å². The van der Waals surface area contributed by atoms with Crippen LogP contribution in [0.5, 0.6) is 0 Å². The summed E-state index contributed by atoms with van der Waals surface area (Å²) in [5.41, 5.74) is 1.03. The molecular formula is C13H17N3O2. The Morgan fingerprint density at radius 2 is 2.28 bits per heavy atom. The number of hydrogen-bond acceptors (Lipinski definition) is 5. The van der Waals surface area contributed by atoms with Crippen LogP contribution in [-0.4, -0.2) is 23.2 Å². The molecule has 0 amide bonds. The van der Waals surface area contributed by atoms with Gasteiger partial charge in [-0.1, -0.05) is 11.6 Å². The molecular weight excluding hydrogens is 230 g/mol. The summed E-state index contributed by atoms with van der Waals surface area (Å²) in [4.78, 5) is 4.48. The molecule has 5 heteroatoms. The van der Waals surface area contributed by atoms with Gasteiger partial charge in [-0.2, -0.15) is 4.98 Å². The molecule has 2 aromatic heterocycles. The Labute approximate surface area is 106 Å². The lowest BCUT2D eigenvalue weighted by Gasteiger charge is -2.14. The summed E-state index contributed by atoms with van der Waals surface area (Å²) < 4.78 is 10.8. The predicted octanol–water partition coefficient (Wildman–Crippen LogP) is 2.49. The number of aryl methyl sites for hydroxylation is 1. The first-order valence-corrected chi connectivity index (χ1v) is 6.35. The fourth-order valence-electron chi connectivity index (χ4n) is 2.68. The summed E-state index contributed by atoms with van der Waals surface area (Å²) in [6, 6.07) is 2.34. The van der Waals surface area contributed by atoms with Crippen LogP contribution >= 0.6 is 0 Å². The Bertz CT molecular complexity index is 532. The van der Waals surface area contributed by atoms with Crippen LogP contribution in [0.2, 0.25) is 0 Å². The van der Waals surface area contributed by atoms with E-state index in [1.54, 1.807) is 6.26 Å². The highest BCUT2D eigenvalue weighted by Gasteiger charge is 2.32. The molecule has 18 heavy (non-hydrogen) atoms. The Hall–Kier alpha value is -1.62. The molecule has 2 aromatic rings. The zero-order valence-electron chi connectivity index (χ0n) is 10.6. The summed E-state index contributed by atoms with van der Waals surface area (Å²) in [5, 5.41) is 7.34. The number of nitrogens with zero attached hydrogens (tertiary/aromatic N) is 2. The molecule has 0 saturated heterocycles. The van der Waals surface area contributed by atoms with Crippen LogP contribution < -0.4 is 5.32 Å². The van der Waals surface area contributed by atoms with E-state index in [9.17, 15) is 0 Å². The summed E-state index contributed by atoms with van der Waals surface area (Å²) in [6.45, 7) is 1.97. The molecule has 1 saturated carbocycles. The highest BCUT2D eigenvalue weighted by Crippen LogP contribution is 2.34. The average molecular weight is 247 g/mol. The highest BCUT2D eigenvalue weighted by atomic mass is 16.5. The summed E-state index contributed by atoms with van der Waals surface area (Å²) in [5.74, 6) is 2.29. The third-order valence-corrected chi connectivity index (χ3v) is 3.71. The van der Waals surface area contributed by atoms with Crippen molar-refractivity contribution in [3.63, 3.8) is 0 Å². The summed E-state index contributed by atoms with van der Waals surface area (Å²) in [6.07, 6.45) is 5.11. The van der Waals surface area contributed by atoms with E-state index in [-0.39, 0.29) is 0 Å². The van der Waals surface area contributed by atoms with Crippen molar-refractivity contribution < 1.29 is 8.94 Å². The normalized spacial score (nSPS) is 23.7. The van der Waals surface area contributed by atoms with Crippen molar-refractivity contribution in [1.82, 2.24) is 15.5 Å². The van der Waals surface area contributed by atoms with Crippen LogP contribution in [0, 0.1) is 6.92 Å². The highest BCUT2D eigenvalue weighted by molar-refractivity contribution is 5.51. The topological polar surface area (TPSA) is 64.1 Å². The minimum absolute atomic E-state index is 0.325. The van der Waals surface area contributed by atoms with Crippen molar-refractivity contribution >= 4 is 0 Å². The molecule has 0 radical (unpaired) electrons. The van der Waals surface area contributed by atoms with E-state index in [1.807, 2.05) is 20.0 Å². The van der Waals surface area contributed by atoms with Gasteiger partial charge in [-0.15, -0.1) is 0 Å². The van der Waals surface area contributed by atoms with Crippen molar-refractivity contribution in [3.8, 4) is 11.6 Å². The lowest BCUT2D eigenvalue weighted by molar-refractivity contribution is 0.335. The van der Waals surface area contributed by atoms with Crippen molar-refractivity contribution in [2.24, 2.45) is 0 Å². The molecule has 1 aliphatic carbocycles. The maximum atomic E-state index is 5.40. The van der Waals surface area contributed by atoms with Gasteiger partial charge in [0.1, 0.15) is 0 Å². The van der Waals surface area contributed by atoms with E-state index in [1.165, 1.54) is 12.8 Å². The second-order valence-electron chi connectivity index (χ2n) is 4.82. The number of hydrogen-bond donors (Lipinski definition) is 1. The fraction of sp³-hybridized carbons (Fsp3) is 0.538. The number of rotatable bonds is 3. The lowest BCUT2D eigenvalue weighted by Crippen LogP contribution is -2.27. The monoisotopic (exact) mass is 247 g/mol. The van der Waals surface area contributed by atoms with Crippen LogP contribution in [-0.2, 0) is 0 Å². The molecule has 0 aromatic carbocycles. The van der Waals surface area contributed by atoms with Crippen LogP contribution in [0.1, 0.15) is 36.6 Å². The third-order valence-electron chi connectivity index (χ3n) is 3.71. The van der Waals surface area contributed by atoms with Crippen LogP contribution in [0.3, 0.4) is 0 Å². The van der Waals surface area contributed by atoms with Gasteiger partial charge < -0.3 is 14.3 Å². The standard InChI is InChI=1S/C13H17N3O2/c1-8-6-7-17-11(8)12-15-13(18-16-12)9-4-3-5-10(9)14-2/h6-7,9-10,14H,3-5H2,1-2H3. The largest absolute Gasteiger partial charge is 0.461 e. The molecule has 1 aliphatic rings. The van der Waals surface area contributed by atoms with E-state index < -0.39 is 0 Å². The van der Waals surface area contributed by atoms with E-state index in [4.69, 9.17) is 8.94 Å².